The fourth-order valence-corrected chi connectivity index (χ4v) is 2.78. The van der Waals surface area contributed by atoms with E-state index in [0.29, 0.717) is 16.9 Å². The van der Waals surface area contributed by atoms with E-state index in [2.05, 4.69) is 10.4 Å². The lowest BCUT2D eigenvalue weighted by molar-refractivity contribution is 0.0514. The van der Waals surface area contributed by atoms with Gasteiger partial charge in [-0.05, 0) is 39.0 Å². The average molecular weight is 339 g/mol. The fourth-order valence-electron chi connectivity index (χ4n) is 2.78. The highest BCUT2D eigenvalue weighted by molar-refractivity contribution is 5.93. The number of carbonyl (C=O) groups excluding carboxylic acids is 1. The minimum absolute atomic E-state index is 0.0716. The van der Waals surface area contributed by atoms with E-state index >= 15 is 0 Å². The highest BCUT2D eigenvalue weighted by Gasteiger charge is 2.28. The number of rotatable bonds is 5. The van der Waals surface area contributed by atoms with E-state index in [4.69, 9.17) is 4.42 Å². The molecule has 0 spiro atoms. The highest BCUT2D eigenvalue weighted by atomic mass is 16.3. The first-order valence-electron chi connectivity index (χ1n) is 8.05. The summed E-state index contributed by atoms with van der Waals surface area (Å²) in [6.07, 6.45) is 3.16. The Kier molecular flexibility index (Phi) is 4.46. The predicted octanol–water partition coefficient (Wildman–Crippen LogP) is 2.72. The van der Waals surface area contributed by atoms with E-state index in [-0.39, 0.29) is 12.5 Å². The number of aryl methyl sites for hydroxylation is 2. The molecule has 3 rings (SSSR count). The van der Waals surface area contributed by atoms with Gasteiger partial charge in [-0.3, -0.25) is 4.79 Å². The zero-order valence-corrected chi connectivity index (χ0v) is 14.5. The Bertz CT molecular complexity index is 878. The van der Waals surface area contributed by atoms with Crippen molar-refractivity contribution in [1.82, 2.24) is 15.1 Å². The number of aromatic nitrogens is 2. The molecule has 2 aromatic heterocycles. The van der Waals surface area contributed by atoms with Gasteiger partial charge in [-0.15, -0.1) is 0 Å². The fraction of sp³-hybridized carbons (Fsp3) is 0.263. The number of nitrogens with one attached hydrogen (secondary N) is 1. The van der Waals surface area contributed by atoms with Crippen LogP contribution >= 0.6 is 0 Å². The summed E-state index contributed by atoms with van der Waals surface area (Å²) in [5.41, 5.74) is 0.760. The zero-order valence-electron chi connectivity index (χ0n) is 14.5. The van der Waals surface area contributed by atoms with Crippen LogP contribution in [0, 0.1) is 13.8 Å². The number of hydrogen-bond donors (Lipinski definition) is 2. The molecule has 130 valence electrons. The third-order valence-electron chi connectivity index (χ3n) is 4.08. The summed E-state index contributed by atoms with van der Waals surface area (Å²) in [5, 5.41) is 17.6. The van der Waals surface area contributed by atoms with Crippen LogP contribution in [0.25, 0.3) is 5.69 Å². The van der Waals surface area contributed by atoms with Gasteiger partial charge >= 0.3 is 0 Å². The third-order valence-corrected chi connectivity index (χ3v) is 4.08. The molecule has 2 heterocycles. The van der Waals surface area contributed by atoms with Crippen molar-refractivity contribution in [2.24, 2.45) is 0 Å². The van der Waals surface area contributed by atoms with Gasteiger partial charge in [-0.2, -0.15) is 5.10 Å². The Labute approximate surface area is 146 Å². The van der Waals surface area contributed by atoms with E-state index < -0.39 is 5.60 Å². The van der Waals surface area contributed by atoms with E-state index in [1.807, 2.05) is 37.3 Å². The van der Waals surface area contributed by atoms with Gasteiger partial charge in [0, 0.05) is 11.8 Å². The van der Waals surface area contributed by atoms with E-state index in [0.717, 1.165) is 11.4 Å². The normalized spacial score (nSPS) is 13.4. The number of benzene rings is 1. The second-order valence-corrected chi connectivity index (χ2v) is 6.29. The predicted molar refractivity (Wildman–Crippen MR) is 93.7 cm³/mol. The van der Waals surface area contributed by atoms with E-state index in [9.17, 15) is 9.90 Å². The van der Waals surface area contributed by atoms with Crippen LogP contribution in [-0.4, -0.2) is 27.3 Å². The number of para-hydroxylation sites is 1. The molecule has 0 saturated heterocycles. The summed E-state index contributed by atoms with van der Waals surface area (Å²) in [7, 11) is 0. The SMILES string of the molecule is Cc1cc(C(C)(O)CNC(=O)c2cnn(-c3ccccc3)c2)c(C)o1. The molecule has 0 bridgehead atoms. The van der Waals surface area contributed by atoms with Gasteiger partial charge in [0.15, 0.2) is 0 Å². The molecule has 0 aliphatic heterocycles. The summed E-state index contributed by atoms with van der Waals surface area (Å²) in [4.78, 5) is 12.4. The molecule has 3 aromatic rings. The Morgan fingerprint density at radius 2 is 2.04 bits per heavy atom. The van der Waals surface area contributed by atoms with Crippen molar-refractivity contribution >= 4 is 5.91 Å². The number of carbonyl (C=O) groups is 1. The molecule has 25 heavy (non-hydrogen) atoms. The molecule has 1 unspecified atom stereocenters. The van der Waals surface area contributed by atoms with E-state index in [1.54, 1.807) is 30.8 Å². The molecule has 0 aliphatic carbocycles. The molecule has 6 nitrogen and oxygen atoms in total. The number of amides is 1. The van der Waals surface area contributed by atoms with Gasteiger partial charge in [0.25, 0.3) is 5.91 Å². The molecule has 1 amide bonds. The second kappa shape index (κ2) is 6.57. The van der Waals surface area contributed by atoms with E-state index in [1.165, 1.54) is 6.20 Å². The standard InChI is InChI=1S/C19H21N3O3/c1-13-9-17(14(2)25-13)19(3,24)12-20-18(23)15-10-21-22(11-15)16-7-5-4-6-8-16/h4-11,24H,12H2,1-3H3,(H,20,23). The minimum Gasteiger partial charge on any atom is -0.466 e. The number of aliphatic hydroxyl groups is 1. The van der Waals surface area contributed by atoms with Crippen LogP contribution in [-0.2, 0) is 5.60 Å². The zero-order chi connectivity index (χ0) is 18.0. The first-order chi connectivity index (χ1) is 11.9. The molecule has 0 radical (unpaired) electrons. The molecule has 1 aromatic carbocycles. The Hall–Kier alpha value is -2.86. The molecule has 1 atom stereocenters. The molecular weight excluding hydrogens is 318 g/mol. The van der Waals surface area contributed by atoms with Crippen molar-refractivity contribution < 1.29 is 14.3 Å². The average Bonchev–Trinajstić information content (AvgIpc) is 3.20. The summed E-state index contributed by atoms with van der Waals surface area (Å²) in [6.45, 7) is 5.34. The van der Waals surface area contributed by atoms with Gasteiger partial charge in [-0.1, -0.05) is 18.2 Å². The first-order valence-corrected chi connectivity index (χ1v) is 8.05. The van der Waals surface area contributed by atoms with Crippen LogP contribution in [0.3, 0.4) is 0 Å². The topological polar surface area (TPSA) is 80.3 Å². The van der Waals surface area contributed by atoms with Crippen molar-refractivity contribution in [3.8, 4) is 5.69 Å². The monoisotopic (exact) mass is 339 g/mol. The number of furan rings is 1. The molecule has 6 heteroatoms. The van der Waals surface area contributed by atoms with Crippen molar-refractivity contribution in [2.75, 3.05) is 6.54 Å². The highest BCUT2D eigenvalue weighted by Crippen LogP contribution is 2.26. The van der Waals surface area contributed by atoms with Gasteiger partial charge in [0.1, 0.15) is 17.1 Å². The lowest BCUT2D eigenvalue weighted by Crippen LogP contribution is -2.38. The maximum Gasteiger partial charge on any atom is 0.254 e. The van der Waals surface area contributed by atoms with Crippen LogP contribution in [0.5, 0.6) is 0 Å². The molecule has 0 fully saturated rings. The van der Waals surface area contributed by atoms with Gasteiger partial charge in [0.2, 0.25) is 0 Å². The second-order valence-electron chi connectivity index (χ2n) is 6.29. The molecular formula is C19H21N3O3. The lowest BCUT2D eigenvalue weighted by Gasteiger charge is -2.23. The van der Waals surface area contributed by atoms with Gasteiger partial charge in [-0.25, -0.2) is 4.68 Å². The van der Waals surface area contributed by atoms with Crippen LogP contribution in [0.4, 0.5) is 0 Å². The van der Waals surface area contributed by atoms with Crippen molar-refractivity contribution in [2.45, 2.75) is 26.4 Å². The Morgan fingerprint density at radius 3 is 2.68 bits per heavy atom. The first kappa shape index (κ1) is 17.0. The third kappa shape index (κ3) is 3.64. The molecule has 0 saturated carbocycles. The van der Waals surface area contributed by atoms with Crippen LogP contribution in [0.1, 0.15) is 34.4 Å². The maximum absolute atomic E-state index is 12.4. The van der Waals surface area contributed by atoms with Crippen molar-refractivity contribution in [3.63, 3.8) is 0 Å². The van der Waals surface area contributed by atoms with Crippen molar-refractivity contribution in [1.29, 1.82) is 0 Å². The number of nitrogens with zero attached hydrogens (tertiary/aromatic N) is 2. The van der Waals surface area contributed by atoms with Gasteiger partial charge in [0.05, 0.1) is 24.0 Å². The summed E-state index contributed by atoms with van der Waals surface area (Å²) >= 11 is 0. The summed E-state index contributed by atoms with van der Waals surface area (Å²) in [5.74, 6) is 1.08. The lowest BCUT2D eigenvalue weighted by atomic mass is 9.96. The maximum atomic E-state index is 12.4. The van der Waals surface area contributed by atoms with Crippen LogP contribution < -0.4 is 5.32 Å². The summed E-state index contributed by atoms with van der Waals surface area (Å²) < 4.78 is 7.09. The Balaban J connectivity index is 1.69. The Morgan fingerprint density at radius 1 is 1.32 bits per heavy atom. The number of hydrogen-bond acceptors (Lipinski definition) is 4. The van der Waals surface area contributed by atoms with Crippen LogP contribution in [0.2, 0.25) is 0 Å². The molecule has 2 N–H and O–H groups in total. The smallest absolute Gasteiger partial charge is 0.254 e. The van der Waals surface area contributed by atoms with Crippen LogP contribution in [0.15, 0.2) is 53.2 Å². The van der Waals surface area contributed by atoms with Crippen molar-refractivity contribution in [3.05, 3.63) is 71.4 Å². The summed E-state index contributed by atoms with van der Waals surface area (Å²) in [6, 6.07) is 11.3. The quantitative estimate of drug-likeness (QED) is 0.749. The largest absolute Gasteiger partial charge is 0.466 e. The van der Waals surface area contributed by atoms with Gasteiger partial charge < -0.3 is 14.8 Å². The molecule has 0 aliphatic rings. The minimum atomic E-state index is -1.22.